The Labute approximate surface area is 222 Å². The van der Waals surface area contributed by atoms with E-state index in [1.54, 1.807) is 16.2 Å². The summed E-state index contributed by atoms with van der Waals surface area (Å²) in [5, 5.41) is 11.2. The van der Waals surface area contributed by atoms with Crippen LogP contribution in [0.3, 0.4) is 0 Å². The zero-order valence-corrected chi connectivity index (χ0v) is 22.0. The number of esters is 1. The molecule has 1 unspecified atom stereocenters. The lowest BCUT2D eigenvalue weighted by Gasteiger charge is -2.37. The van der Waals surface area contributed by atoms with Crippen LogP contribution in [0.25, 0.3) is 10.7 Å². The lowest BCUT2D eigenvalue weighted by atomic mass is 10.0. The molecule has 2 aliphatic heterocycles. The minimum absolute atomic E-state index is 0.00643. The van der Waals surface area contributed by atoms with Crippen LogP contribution in [-0.2, 0) is 32.7 Å². The molecule has 2 amide bonds. The van der Waals surface area contributed by atoms with Crippen LogP contribution in [-0.4, -0.2) is 80.1 Å². The van der Waals surface area contributed by atoms with Crippen LogP contribution < -0.4 is 0 Å². The maximum atomic E-state index is 12.9. The Morgan fingerprint density at radius 1 is 1.14 bits per heavy atom. The summed E-state index contributed by atoms with van der Waals surface area (Å²) in [5.74, 6) is 0.559. The molecule has 0 spiro atoms. The minimum atomic E-state index is -0.771. The highest BCUT2D eigenvalue weighted by Gasteiger charge is 2.44. The highest BCUT2D eigenvalue weighted by atomic mass is 32.2. The summed E-state index contributed by atoms with van der Waals surface area (Å²) in [6.45, 7) is 1.12. The molecule has 1 aromatic carbocycles. The van der Waals surface area contributed by atoms with Gasteiger partial charge in [-0.15, -0.1) is 21.5 Å². The number of rotatable bonds is 8. The molecule has 0 aliphatic carbocycles. The van der Waals surface area contributed by atoms with Gasteiger partial charge in [0.15, 0.2) is 17.0 Å². The predicted octanol–water partition coefficient (Wildman–Crippen LogP) is 3.19. The van der Waals surface area contributed by atoms with E-state index < -0.39 is 18.1 Å². The molecule has 4 heterocycles. The maximum Gasteiger partial charge on any atom is 0.410 e. The second-order valence-corrected chi connectivity index (χ2v) is 10.7. The zero-order chi connectivity index (χ0) is 25.8. The number of benzene rings is 1. The van der Waals surface area contributed by atoms with Gasteiger partial charge in [0, 0.05) is 26.2 Å². The summed E-state index contributed by atoms with van der Waals surface area (Å²) in [4.78, 5) is 42.4. The number of likely N-dealkylation sites (tertiary alicyclic amines) is 1. The van der Waals surface area contributed by atoms with E-state index in [0.717, 1.165) is 16.3 Å². The fraction of sp³-hybridized carbons (Fsp3) is 0.400. The smallest absolute Gasteiger partial charge is 0.410 e. The van der Waals surface area contributed by atoms with Crippen LogP contribution in [0.1, 0.15) is 18.4 Å². The number of hydrogen-bond donors (Lipinski definition) is 0. The monoisotopic (exact) mass is 541 g/mol. The number of carbonyl (C=O) groups excluding carboxylic acids is 3. The van der Waals surface area contributed by atoms with Gasteiger partial charge in [0.2, 0.25) is 5.91 Å². The number of aromatic nitrogens is 3. The van der Waals surface area contributed by atoms with E-state index in [-0.39, 0.29) is 30.9 Å². The van der Waals surface area contributed by atoms with Gasteiger partial charge < -0.3 is 18.9 Å². The predicted molar refractivity (Wildman–Crippen MR) is 138 cm³/mol. The highest BCUT2D eigenvalue weighted by molar-refractivity contribution is 7.99. The summed E-state index contributed by atoms with van der Waals surface area (Å²) < 4.78 is 12.5. The third-order valence-electron chi connectivity index (χ3n) is 6.52. The van der Waals surface area contributed by atoms with Crippen LogP contribution in [0.4, 0.5) is 4.79 Å². The largest absolute Gasteiger partial charge is 0.459 e. The van der Waals surface area contributed by atoms with Crippen molar-refractivity contribution in [1.29, 1.82) is 0 Å². The number of nitrogens with zero attached hydrogens (tertiary/aromatic N) is 5. The Balaban J connectivity index is 1.12. The fourth-order valence-corrected chi connectivity index (χ4v) is 6.07. The second kappa shape index (κ2) is 11.3. The molecular weight excluding hydrogens is 514 g/mol. The van der Waals surface area contributed by atoms with Gasteiger partial charge in [0.25, 0.3) is 0 Å². The minimum Gasteiger partial charge on any atom is -0.459 e. The van der Waals surface area contributed by atoms with Crippen molar-refractivity contribution in [2.75, 3.05) is 25.4 Å². The normalized spacial score (nSPS) is 18.2. The van der Waals surface area contributed by atoms with Crippen LogP contribution in [0.5, 0.6) is 0 Å². The van der Waals surface area contributed by atoms with E-state index in [9.17, 15) is 14.4 Å². The van der Waals surface area contributed by atoms with Crippen LogP contribution in [0.2, 0.25) is 0 Å². The van der Waals surface area contributed by atoms with Crippen molar-refractivity contribution in [3.63, 3.8) is 0 Å². The number of thiophene rings is 1. The maximum absolute atomic E-state index is 12.9. The number of amides is 2. The van der Waals surface area contributed by atoms with Crippen molar-refractivity contribution in [2.24, 2.45) is 7.05 Å². The zero-order valence-electron chi connectivity index (χ0n) is 20.3. The van der Waals surface area contributed by atoms with Crippen molar-refractivity contribution in [3.8, 4) is 10.7 Å². The molecule has 0 bridgehead atoms. The Hall–Kier alpha value is -3.38. The number of hydrogen-bond acceptors (Lipinski definition) is 9. The average Bonchev–Trinajstić information content (AvgIpc) is 3.67. The highest BCUT2D eigenvalue weighted by Crippen LogP contribution is 2.28. The molecule has 0 radical (unpaired) electrons. The standard InChI is InChI=1S/C25H27N5O5S2/c1-28-22(20-8-5-13-36-20)26-27-24(28)37-16-21(31)29-11-9-18(10-12-29)30-19(15-35-25(30)33)23(32)34-14-17-6-3-2-4-7-17/h2-8,13,18-19H,9-12,14-16H2,1H3. The molecule has 2 aromatic heterocycles. The molecule has 3 aromatic rings. The first-order valence-corrected chi connectivity index (χ1v) is 13.9. The summed E-state index contributed by atoms with van der Waals surface area (Å²) >= 11 is 2.95. The first kappa shape index (κ1) is 25.3. The molecule has 0 saturated carbocycles. The summed E-state index contributed by atoms with van der Waals surface area (Å²) in [6, 6.07) is 12.4. The van der Waals surface area contributed by atoms with Gasteiger partial charge in [-0.2, -0.15) is 0 Å². The Morgan fingerprint density at radius 2 is 1.92 bits per heavy atom. The van der Waals surface area contributed by atoms with Crippen molar-refractivity contribution in [2.45, 2.75) is 36.7 Å². The van der Waals surface area contributed by atoms with Gasteiger partial charge in [0.1, 0.15) is 13.2 Å². The van der Waals surface area contributed by atoms with E-state index in [1.807, 2.05) is 59.5 Å². The number of carbonyl (C=O) groups is 3. The van der Waals surface area contributed by atoms with Gasteiger partial charge in [-0.3, -0.25) is 9.69 Å². The third kappa shape index (κ3) is 5.64. The van der Waals surface area contributed by atoms with E-state index in [2.05, 4.69) is 10.2 Å². The molecule has 2 aliphatic rings. The fourth-order valence-electron chi connectivity index (χ4n) is 4.51. The number of piperidine rings is 1. The topological polar surface area (TPSA) is 107 Å². The Bertz CT molecular complexity index is 1240. The summed E-state index contributed by atoms with van der Waals surface area (Å²) in [6.07, 6.45) is 0.631. The van der Waals surface area contributed by atoms with E-state index in [4.69, 9.17) is 9.47 Å². The van der Waals surface area contributed by atoms with Crippen LogP contribution >= 0.6 is 23.1 Å². The molecule has 0 N–H and O–H groups in total. The van der Waals surface area contributed by atoms with Crippen molar-refractivity contribution in [1.82, 2.24) is 24.6 Å². The van der Waals surface area contributed by atoms with Crippen molar-refractivity contribution in [3.05, 3.63) is 53.4 Å². The molecule has 1 atom stereocenters. The summed E-state index contributed by atoms with van der Waals surface area (Å²) in [5.41, 5.74) is 0.876. The average molecular weight is 542 g/mol. The molecule has 2 fully saturated rings. The molecule has 12 heteroatoms. The molecule has 5 rings (SSSR count). The number of ether oxygens (including phenoxy) is 2. The van der Waals surface area contributed by atoms with Gasteiger partial charge in [-0.05, 0) is 29.9 Å². The van der Waals surface area contributed by atoms with Gasteiger partial charge in [-0.1, -0.05) is 48.2 Å². The molecular formula is C25H27N5O5S2. The quantitative estimate of drug-likeness (QED) is 0.316. The first-order chi connectivity index (χ1) is 18.0. The van der Waals surface area contributed by atoms with E-state index in [0.29, 0.717) is 31.1 Å². The van der Waals surface area contributed by atoms with Crippen molar-refractivity contribution >= 4 is 41.1 Å². The molecule has 10 nitrogen and oxygen atoms in total. The SMILES string of the molecule is Cn1c(SCC(=O)N2CCC(N3C(=O)OCC3C(=O)OCc3ccccc3)CC2)nnc1-c1cccs1. The first-order valence-electron chi connectivity index (χ1n) is 12.0. The van der Waals surface area contributed by atoms with E-state index >= 15 is 0 Å². The number of thioether (sulfide) groups is 1. The molecule has 37 heavy (non-hydrogen) atoms. The summed E-state index contributed by atoms with van der Waals surface area (Å²) in [7, 11) is 1.89. The Morgan fingerprint density at radius 3 is 2.65 bits per heavy atom. The van der Waals surface area contributed by atoms with Gasteiger partial charge >= 0.3 is 12.1 Å². The van der Waals surface area contributed by atoms with Crippen LogP contribution in [0.15, 0.2) is 53.0 Å². The van der Waals surface area contributed by atoms with Crippen LogP contribution in [0, 0.1) is 0 Å². The van der Waals surface area contributed by atoms with Crippen molar-refractivity contribution < 1.29 is 23.9 Å². The van der Waals surface area contributed by atoms with Gasteiger partial charge in [-0.25, -0.2) is 9.59 Å². The lowest BCUT2D eigenvalue weighted by molar-refractivity contribution is -0.150. The molecule has 2 saturated heterocycles. The Kier molecular flexibility index (Phi) is 7.75. The van der Waals surface area contributed by atoms with Gasteiger partial charge in [0.05, 0.1) is 10.6 Å². The molecule has 194 valence electrons. The second-order valence-electron chi connectivity index (χ2n) is 8.84. The van der Waals surface area contributed by atoms with E-state index in [1.165, 1.54) is 16.7 Å². The number of cyclic esters (lactones) is 1. The third-order valence-corrected chi connectivity index (χ3v) is 8.39. The lowest BCUT2D eigenvalue weighted by Crippen LogP contribution is -2.52.